The van der Waals surface area contributed by atoms with E-state index in [0.717, 1.165) is 5.69 Å². The monoisotopic (exact) mass is 305 g/mol. The molecular weight excluding hydrogens is 288 g/mol. The molecule has 1 atom stereocenters. The maximum absolute atomic E-state index is 14.1. The van der Waals surface area contributed by atoms with Gasteiger partial charge in [-0.25, -0.2) is 8.78 Å². The van der Waals surface area contributed by atoms with Gasteiger partial charge in [0.05, 0.1) is 18.2 Å². The molecule has 0 radical (unpaired) electrons. The fraction of sp³-hybridized carbons (Fsp3) is 0.375. The average molecular weight is 305 g/mol. The van der Waals surface area contributed by atoms with E-state index < -0.39 is 11.8 Å². The Morgan fingerprint density at radius 1 is 1.32 bits per heavy atom. The van der Waals surface area contributed by atoms with Crippen molar-refractivity contribution in [1.29, 1.82) is 0 Å². The van der Waals surface area contributed by atoms with Crippen LogP contribution in [0.25, 0.3) is 0 Å². The second-order valence-electron chi connectivity index (χ2n) is 5.52. The van der Waals surface area contributed by atoms with E-state index in [1.165, 1.54) is 22.9 Å². The third kappa shape index (κ3) is 3.06. The molecule has 1 unspecified atom stereocenters. The van der Waals surface area contributed by atoms with Crippen LogP contribution in [0.4, 0.5) is 8.78 Å². The smallest absolute Gasteiger partial charge is 0.257 e. The number of nitrogens with zero attached hydrogens (tertiary/aromatic N) is 2. The Hall–Kier alpha value is -2.08. The summed E-state index contributed by atoms with van der Waals surface area (Å²) in [6.45, 7) is 0.811. The fourth-order valence-corrected chi connectivity index (χ4v) is 2.73. The third-order valence-electron chi connectivity index (χ3n) is 3.96. The minimum Gasteiger partial charge on any atom is -0.316 e. The molecule has 0 aromatic carbocycles. The summed E-state index contributed by atoms with van der Waals surface area (Å²) in [5.74, 6) is -3.66. The van der Waals surface area contributed by atoms with Crippen molar-refractivity contribution < 1.29 is 8.78 Å². The van der Waals surface area contributed by atoms with Gasteiger partial charge in [-0.2, -0.15) is 0 Å². The number of alkyl halides is 2. The molecule has 6 heteroatoms. The molecule has 22 heavy (non-hydrogen) atoms. The second-order valence-corrected chi connectivity index (χ2v) is 5.52. The topological polar surface area (TPSA) is 46.9 Å². The predicted molar refractivity (Wildman–Crippen MR) is 79.2 cm³/mol. The zero-order chi connectivity index (χ0) is 15.6. The maximum atomic E-state index is 14.1. The molecule has 116 valence electrons. The van der Waals surface area contributed by atoms with Crippen molar-refractivity contribution >= 4 is 0 Å². The van der Waals surface area contributed by atoms with Gasteiger partial charge in [-0.3, -0.25) is 9.78 Å². The zero-order valence-corrected chi connectivity index (χ0v) is 12.0. The first kappa shape index (κ1) is 14.8. The van der Waals surface area contributed by atoms with Crippen LogP contribution >= 0.6 is 0 Å². The normalized spacial score (nSPS) is 20.7. The van der Waals surface area contributed by atoms with Gasteiger partial charge in [0.1, 0.15) is 0 Å². The molecule has 3 heterocycles. The average Bonchev–Trinajstić information content (AvgIpc) is 2.50. The molecule has 1 aliphatic rings. The lowest BCUT2D eigenvalue weighted by Gasteiger charge is -2.32. The van der Waals surface area contributed by atoms with Gasteiger partial charge in [0.15, 0.2) is 0 Å². The fourth-order valence-electron chi connectivity index (χ4n) is 2.73. The number of hydrogen-bond donors (Lipinski definition) is 1. The number of piperidine rings is 1. The van der Waals surface area contributed by atoms with Gasteiger partial charge < -0.3 is 9.88 Å². The van der Waals surface area contributed by atoms with E-state index in [0.29, 0.717) is 12.1 Å². The SMILES string of the molecule is O=c1ccc(C2CNCCC2(F)F)cn1Cc1ccccn1. The van der Waals surface area contributed by atoms with Crippen LogP contribution in [0.3, 0.4) is 0 Å². The molecule has 0 aliphatic carbocycles. The van der Waals surface area contributed by atoms with Crippen molar-refractivity contribution in [1.82, 2.24) is 14.9 Å². The Kier molecular flexibility index (Phi) is 4.02. The number of hydrogen-bond acceptors (Lipinski definition) is 3. The molecule has 4 nitrogen and oxygen atoms in total. The minimum atomic E-state index is -2.75. The molecule has 2 aromatic heterocycles. The van der Waals surface area contributed by atoms with Crippen molar-refractivity contribution in [3.63, 3.8) is 0 Å². The van der Waals surface area contributed by atoms with Crippen LogP contribution in [0.1, 0.15) is 23.6 Å². The van der Waals surface area contributed by atoms with Gasteiger partial charge in [0.25, 0.3) is 11.5 Å². The van der Waals surface area contributed by atoms with Crippen molar-refractivity contribution in [2.45, 2.75) is 24.8 Å². The Morgan fingerprint density at radius 3 is 2.91 bits per heavy atom. The highest BCUT2D eigenvalue weighted by atomic mass is 19.3. The summed E-state index contributed by atoms with van der Waals surface area (Å²) in [6, 6.07) is 8.27. The van der Waals surface area contributed by atoms with Crippen molar-refractivity contribution in [3.05, 3.63) is 64.3 Å². The highest BCUT2D eigenvalue weighted by molar-refractivity contribution is 5.21. The van der Waals surface area contributed by atoms with E-state index in [-0.39, 0.29) is 25.1 Å². The van der Waals surface area contributed by atoms with E-state index >= 15 is 0 Å². The standard InChI is InChI=1S/C16H17F2N3O/c17-16(18)6-8-19-9-14(16)12-4-5-15(22)21(10-12)11-13-3-1-2-7-20-13/h1-5,7,10,14,19H,6,8-9,11H2. The van der Waals surface area contributed by atoms with Crippen LogP contribution in [0.2, 0.25) is 0 Å². The van der Waals surface area contributed by atoms with Crippen LogP contribution in [0.15, 0.2) is 47.5 Å². The van der Waals surface area contributed by atoms with E-state index in [1.807, 2.05) is 6.07 Å². The molecule has 1 fully saturated rings. The Morgan fingerprint density at radius 2 is 2.18 bits per heavy atom. The van der Waals surface area contributed by atoms with Gasteiger partial charge >= 0.3 is 0 Å². The third-order valence-corrected chi connectivity index (χ3v) is 3.96. The highest BCUT2D eigenvalue weighted by Crippen LogP contribution is 2.37. The van der Waals surface area contributed by atoms with Gasteiger partial charge in [-0.05, 0) is 17.7 Å². The summed E-state index contributed by atoms with van der Waals surface area (Å²) >= 11 is 0. The van der Waals surface area contributed by atoms with Gasteiger partial charge in [-0.1, -0.05) is 12.1 Å². The van der Waals surface area contributed by atoms with Crippen molar-refractivity contribution in [3.8, 4) is 0 Å². The minimum absolute atomic E-state index is 0.183. The van der Waals surface area contributed by atoms with Gasteiger partial charge in [0.2, 0.25) is 0 Å². The lowest BCUT2D eigenvalue weighted by Crippen LogP contribution is -2.43. The number of nitrogens with one attached hydrogen (secondary N) is 1. The zero-order valence-electron chi connectivity index (χ0n) is 12.0. The summed E-state index contributed by atoms with van der Waals surface area (Å²) in [6.07, 6.45) is 2.99. The van der Waals surface area contributed by atoms with E-state index in [9.17, 15) is 13.6 Å². The number of rotatable bonds is 3. The summed E-state index contributed by atoms with van der Waals surface area (Å²) in [7, 11) is 0. The quantitative estimate of drug-likeness (QED) is 0.943. The molecule has 1 aliphatic heterocycles. The molecule has 0 spiro atoms. The lowest BCUT2D eigenvalue weighted by atomic mass is 9.89. The first-order valence-corrected chi connectivity index (χ1v) is 7.25. The predicted octanol–water partition coefficient (Wildman–Crippen LogP) is 2.00. The van der Waals surface area contributed by atoms with Crippen LogP contribution in [-0.2, 0) is 6.54 Å². The summed E-state index contributed by atoms with van der Waals surface area (Å²) in [4.78, 5) is 16.1. The van der Waals surface area contributed by atoms with E-state index in [2.05, 4.69) is 10.3 Å². The number of pyridine rings is 2. The van der Waals surface area contributed by atoms with Crippen LogP contribution < -0.4 is 10.9 Å². The van der Waals surface area contributed by atoms with E-state index in [4.69, 9.17) is 0 Å². The highest BCUT2D eigenvalue weighted by Gasteiger charge is 2.42. The van der Waals surface area contributed by atoms with Crippen molar-refractivity contribution in [2.75, 3.05) is 13.1 Å². The molecule has 0 saturated carbocycles. The second kappa shape index (κ2) is 5.96. The first-order valence-electron chi connectivity index (χ1n) is 7.25. The lowest BCUT2D eigenvalue weighted by molar-refractivity contribution is -0.0481. The summed E-state index contributed by atoms with van der Waals surface area (Å²) in [5, 5.41) is 2.99. The summed E-state index contributed by atoms with van der Waals surface area (Å²) in [5.41, 5.74) is 0.976. The molecule has 0 amide bonds. The molecule has 0 bridgehead atoms. The molecule has 1 saturated heterocycles. The van der Waals surface area contributed by atoms with Crippen LogP contribution in [0, 0.1) is 0 Å². The Balaban J connectivity index is 1.91. The first-order chi connectivity index (χ1) is 10.6. The molecule has 2 aromatic rings. The van der Waals surface area contributed by atoms with Crippen LogP contribution in [-0.4, -0.2) is 28.6 Å². The maximum Gasteiger partial charge on any atom is 0.257 e. The largest absolute Gasteiger partial charge is 0.316 e. The molecule has 3 rings (SSSR count). The van der Waals surface area contributed by atoms with Gasteiger partial charge in [-0.15, -0.1) is 0 Å². The number of aromatic nitrogens is 2. The molecule has 1 N–H and O–H groups in total. The molecular formula is C16H17F2N3O. The number of halogens is 2. The van der Waals surface area contributed by atoms with Crippen molar-refractivity contribution in [2.24, 2.45) is 0 Å². The Labute approximate surface area is 126 Å². The van der Waals surface area contributed by atoms with E-state index in [1.54, 1.807) is 18.3 Å². The van der Waals surface area contributed by atoms with Crippen LogP contribution in [0.5, 0.6) is 0 Å². The summed E-state index contributed by atoms with van der Waals surface area (Å²) < 4.78 is 29.6. The van der Waals surface area contributed by atoms with Gasteiger partial charge in [0, 0.05) is 38.0 Å². The Bertz CT molecular complexity index is 700.